The molecule has 0 amide bonds. The van der Waals surface area contributed by atoms with Crippen LogP contribution in [0.5, 0.6) is 0 Å². The zero-order chi connectivity index (χ0) is 12.8. The fraction of sp³-hybridized carbons (Fsp3) is 0.385. The van der Waals surface area contributed by atoms with E-state index in [0.717, 1.165) is 10.8 Å². The second kappa shape index (κ2) is 4.33. The molecule has 0 unspecified atom stereocenters. The zero-order valence-electron chi connectivity index (χ0n) is 10.4. The first-order valence-corrected chi connectivity index (χ1v) is 6.84. The van der Waals surface area contributed by atoms with Crippen LogP contribution in [0.15, 0.2) is 23.6 Å². The Morgan fingerprint density at radius 1 is 1.28 bits per heavy atom. The molecule has 3 rings (SSSR count). The maximum Gasteiger partial charge on any atom is 0.495 e. The van der Waals surface area contributed by atoms with Crippen molar-refractivity contribution < 1.29 is 13.7 Å². The lowest BCUT2D eigenvalue weighted by molar-refractivity contribution is 0.0344. The van der Waals surface area contributed by atoms with Gasteiger partial charge < -0.3 is 9.31 Å². The minimum absolute atomic E-state index is 0.0492. The fourth-order valence-electron chi connectivity index (χ4n) is 2.10. The van der Waals surface area contributed by atoms with E-state index in [2.05, 4.69) is 13.8 Å². The van der Waals surface area contributed by atoms with Crippen molar-refractivity contribution in [1.29, 1.82) is 0 Å². The lowest BCUT2D eigenvalue weighted by Crippen LogP contribution is -2.47. The van der Waals surface area contributed by atoms with Crippen LogP contribution >= 0.6 is 11.3 Å². The second-order valence-corrected chi connectivity index (χ2v) is 6.31. The van der Waals surface area contributed by atoms with Gasteiger partial charge in [0.1, 0.15) is 5.82 Å². The molecule has 0 bridgehead atoms. The van der Waals surface area contributed by atoms with Gasteiger partial charge >= 0.3 is 7.12 Å². The van der Waals surface area contributed by atoms with E-state index in [0.29, 0.717) is 17.9 Å². The van der Waals surface area contributed by atoms with Crippen molar-refractivity contribution in [2.45, 2.75) is 13.8 Å². The zero-order valence-corrected chi connectivity index (χ0v) is 11.2. The highest BCUT2D eigenvalue weighted by molar-refractivity contribution is 7.18. The SMILES string of the molecule is CC1(C)COB(c2csc3c(F)cccc23)OC1. The highest BCUT2D eigenvalue weighted by atomic mass is 32.1. The quantitative estimate of drug-likeness (QED) is 0.737. The Balaban J connectivity index is 1.94. The van der Waals surface area contributed by atoms with Crippen LogP contribution in [0.1, 0.15) is 13.8 Å². The van der Waals surface area contributed by atoms with E-state index in [1.54, 1.807) is 6.07 Å². The van der Waals surface area contributed by atoms with Gasteiger partial charge in [0, 0.05) is 24.1 Å². The molecular weight excluding hydrogens is 250 g/mol. The molecule has 1 aromatic carbocycles. The summed E-state index contributed by atoms with van der Waals surface area (Å²) in [6, 6.07) is 5.12. The highest BCUT2D eigenvalue weighted by Crippen LogP contribution is 2.26. The molecule has 94 valence electrons. The Morgan fingerprint density at radius 3 is 2.72 bits per heavy atom. The van der Waals surface area contributed by atoms with E-state index in [-0.39, 0.29) is 18.4 Å². The van der Waals surface area contributed by atoms with Crippen molar-refractivity contribution in [2.75, 3.05) is 13.2 Å². The second-order valence-electron chi connectivity index (χ2n) is 5.43. The summed E-state index contributed by atoms with van der Waals surface area (Å²) in [7, 11) is -0.367. The highest BCUT2D eigenvalue weighted by Gasteiger charge is 2.34. The van der Waals surface area contributed by atoms with Gasteiger partial charge in [-0.05, 0) is 16.8 Å². The monoisotopic (exact) mass is 264 g/mol. The third kappa shape index (κ3) is 2.07. The van der Waals surface area contributed by atoms with E-state index in [9.17, 15) is 4.39 Å². The van der Waals surface area contributed by atoms with Crippen LogP contribution in [0, 0.1) is 11.2 Å². The number of halogens is 1. The van der Waals surface area contributed by atoms with Crippen molar-refractivity contribution in [3.05, 3.63) is 29.4 Å². The lowest BCUT2D eigenvalue weighted by atomic mass is 9.76. The maximum atomic E-state index is 13.6. The number of thiophene rings is 1. The summed E-state index contributed by atoms with van der Waals surface area (Å²) in [4.78, 5) is 0. The summed E-state index contributed by atoms with van der Waals surface area (Å²) in [5, 5.41) is 2.82. The van der Waals surface area contributed by atoms with Crippen LogP contribution in [0.3, 0.4) is 0 Å². The third-order valence-corrected chi connectivity index (χ3v) is 4.11. The fourth-order valence-corrected chi connectivity index (χ4v) is 3.07. The van der Waals surface area contributed by atoms with Gasteiger partial charge in [-0.1, -0.05) is 26.0 Å². The van der Waals surface area contributed by atoms with Gasteiger partial charge in [-0.3, -0.25) is 0 Å². The van der Waals surface area contributed by atoms with E-state index in [4.69, 9.17) is 9.31 Å². The molecule has 1 saturated heterocycles. The molecule has 0 radical (unpaired) electrons. The molecule has 0 N–H and O–H groups in total. The normalized spacial score (nSPS) is 19.4. The van der Waals surface area contributed by atoms with Gasteiger partial charge in [0.25, 0.3) is 0 Å². The number of rotatable bonds is 1. The minimum Gasteiger partial charge on any atom is -0.407 e. The average molecular weight is 264 g/mol. The molecule has 1 aliphatic rings. The van der Waals surface area contributed by atoms with Gasteiger partial charge in [-0.15, -0.1) is 11.3 Å². The number of benzene rings is 1. The van der Waals surface area contributed by atoms with Crippen LogP contribution < -0.4 is 5.46 Å². The number of hydrogen-bond donors (Lipinski definition) is 0. The Kier molecular flexibility index (Phi) is 2.92. The van der Waals surface area contributed by atoms with E-state index >= 15 is 0 Å². The molecule has 1 aliphatic heterocycles. The smallest absolute Gasteiger partial charge is 0.407 e. The van der Waals surface area contributed by atoms with Crippen molar-refractivity contribution in [3.8, 4) is 0 Å². The standard InChI is InChI=1S/C13H14BFO2S/c1-13(2)7-16-14(17-8-13)10-6-18-12-9(10)4-3-5-11(12)15/h3-6H,7-8H2,1-2H3. The molecule has 2 heterocycles. The Morgan fingerprint density at radius 2 is 2.00 bits per heavy atom. The lowest BCUT2D eigenvalue weighted by Gasteiger charge is -2.32. The molecule has 0 atom stereocenters. The molecule has 0 saturated carbocycles. The molecule has 0 aliphatic carbocycles. The van der Waals surface area contributed by atoms with Crippen molar-refractivity contribution >= 4 is 34.0 Å². The van der Waals surface area contributed by atoms with E-state index in [1.807, 2.05) is 11.4 Å². The van der Waals surface area contributed by atoms with E-state index < -0.39 is 0 Å². The van der Waals surface area contributed by atoms with Gasteiger partial charge in [0.05, 0.1) is 4.70 Å². The number of hydrogen-bond acceptors (Lipinski definition) is 3. The summed E-state index contributed by atoms with van der Waals surface area (Å²) >= 11 is 1.40. The number of fused-ring (bicyclic) bond motifs is 1. The molecule has 2 nitrogen and oxygen atoms in total. The first-order chi connectivity index (χ1) is 8.57. The molecule has 1 fully saturated rings. The topological polar surface area (TPSA) is 18.5 Å². The van der Waals surface area contributed by atoms with Crippen LogP contribution in [0.2, 0.25) is 0 Å². The largest absolute Gasteiger partial charge is 0.495 e. The van der Waals surface area contributed by atoms with Gasteiger partial charge in [0.2, 0.25) is 0 Å². The van der Waals surface area contributed by atoms with Crippen LogP contribution in [-0.2, 0) is 9.31 Å². The molecule has 0 spiro atoms. The summed E-state index contributed by atoms with van der Waals surface area (Å²) in [5.74, 6) is -0.181. The van der Waals surface area contributed by atoms with Crippen molar-refractivity contribution in [2.24, 2.45) is 5.41 Å². The molecule has 2 aromatic rings. The summed E-state index contributed by atoms with van der Waals surface area (Å²) in [5.41, 5.74) is 0.984. The summed E-state index contributed by atoms with van der Waals surface area (Å²) in [6.07, 6.45) is 0. The van der Waals surface area contributed by atoms with Gasteiger partial charge in [-0.25, -0.2) is 4.39 Å². The van der Waals surface area contributed by atoms with Crippen LogP contribution in [0.4, 0.5) is 4.39 Å². The Bertz CT molecular complexity index is 571. The summed E-state index contributed by atoms with van der Waals surface area (Å²) < 4.78 is 25.8. The van der Waals surface area contributed by atoms with Gasteiger partial charge in [-0.2, -0.15) is 0 Å². The molecule has 1 aromatic heterocycles. The van der Waals surface area contributed by atoms with Crippen LogP contribution in [-0.4, -0.2) is 20.3 Å². The third-order valence-electron chi connectivity index (χ3n) is 3.09. The maximum absolute atomic E-state index is 13.6. The Hall–Kier alpha value is -0.905. The van der Waals surface area contributed by atoms with E-state index in [1.165, 1.54) is 17.4 Å². The molecule has 5 heteroatoms. The Labute approximate surface area is 110 Å². The predicted molar refractivity (Wildman–Crippen MR) is 72.9 cm³/mol. The van der Waals surface area contributed by atoms with Crippen molar-refractivity contribution in [3.63, 3.8) is 0 Å². The van der Waals surface area contributed by atoms with Crippen molar-refractivity contribution in [1.82, 2.24) is 0 Å². The molecule has 18 heavy (non-hydrogen) atoms. The molecular formula is C13H14BFO2S. The summed E-state index contributed by atoms with van der Waals surface area (Å²) in [6.45, 7) is 5.53. The average Bonchev–Trinajstić information content (AvgIpc) is 2.74. The first kappa shape index (κ1) is 12.1. The minimum atomic E-state index is -0.367. The first-order valence-electron chi connectivity index (χ1n) is 5.96. The van der Waals surface area contributed by atoms with Crippen LogP contribution in [0.25, 0.3) is 10.1 Å². The predicted octanol–water partition coefficient (Wildman–Crippen LogP) is 2.81. The van der Waals surface area contributed by atoms with Gasteiger partial charge in [0.15, 0.2) is 0 Å².